The van der Waals surface area contributed by atoms with E-state index in [1.54, 1.807) is 24.0 Å². The molecule has 0 saturated carbocycles. The molecule has 0 saturated heterocycles. The molecule has 0 spiro atoms. The van der Waals surface area contributed by atoms with Crippen LogP contribution < -0.4 is 5.32 Å². The summed E-state index contributed by atoms with van der Waals surface area (Å²) in [7, 11) is 1.79. The van der Waals surface area contributed by atoms with E-state index < -0.39 is 0 Å². The fraction of sp³-hybridized carbons (Fsp3) is 0.278. The first-order valence-electron chi connectivity index (χ1n) is 7.83. The van der Waals surface area contributed by atoms with Crippen molar-refractivity contribution in [3.63, 3.8) is 0 Å². The molecule has 1 aromatic carbocycles. The molecule has 2 N–H and O–H groups in total. The molecular formula is C18H20N4O2. The van der Waals surface area contributed by atoms with E-state index in [2.05, 4.69) is 15.4 Å². The van der Waals surface area contributed by atoms with Gasteiger partial charge in [-0.05, 0) is 25.0 Å². The first-order valence-corrected chi connectivity index (χ1v) is 7.83. The van der Waals surface area contributed by atoms with Crippen molar-refractivity contribution >= 4 is 16.9 Å². The third-order valence-corrected chi connectivity index (χ3v) is 3.96. The monoisotopic (exact) mass is 324 g/mol. The molecule has 1 atom stereocenters. The van der Waals surface area contributed by atoms with Crippen LogP contribution >= 0.6 is 0 Å². The van der Waals surface area contributed by atoms with Gasteiger partial charge in [0.05, 0.1) is 29.8 Å². The van der Waals surface area contributed by atoms with Crippen molar-refractivity contribution in [1.29, 1.82) is 0 Å². The van der Waals surface area contributed by atoms with Gasteiger partial charge in [-0.1, -0.05) is 30.3 Å². The molecule has 0 aliphatic heterocycles. The second-order valence-electron chi connectivity index (χ2n) is 5.86. The zero-order valence-electron chi connectivity index (χ0n) is 13.7. The SMILES string of the molecule is Cc1cc(C(=O)NC(CO)Cc2ccccc2)c2cnn(C)c2n1. The lowest BCUT2D eigenvalue weighted by Gasteiger charge is -2.17. The number of aliphatic hydroxyl groups excluding tert-OH is 1. The largest absolute Gasteiger partial charge is 0.394 e. The van der Waals surface area contributed by atoms with Gasteiger partial charge in [-0.3, -0.25) is 9.48 Å². The van der Waals surface area contributed by atoms with Crippen LogP contribution in [0.1, 0.15) is 21.6 Å². The summed E-state index contributed by atoms with van der Waals surface area (Å²) in [5.74, 6) is -0.228. The lowest BCUT2D eigenvalue weighted by molar-refractivity contribution is 0.0918. The van der Waals surface area contributed by atoms with Gasteiger partial charge >= 0.3 is 0 Å². The maximum absolute atomic E-state index is 12.7. The number of carbonyl (C=O) groups excluding carboxylic acids is 1. The minimum atomic E-state index is -0.347. The molecule has 1 amide bonds. The minimum Gasteiger partial charge on any atom is -0.394 e. The summed E-state index contributed by atoms with van der Waals surface area (Å²) in [6.45, 7) is 1.72. The molecule has 6 heteroatoms. The van der Waals surface area contributed by atoms with Crippen molar-refractivity contribution in [3.05, 3.63) is 59.4 Å². The van der Waals surface area contributed by atoms with Gasteiger partial charge in [0.2, 0.25) is 0 Å². The van der Waals surface area contributed by atoms with Crippen molar-refractivity contribution in [1.82, 2.24) is 20.1 Å². The highest BCUT2D eigenvalue weighted by Crippen LogP contribution is 2.18. The van der Waals surface area contributed by atoms with E-state index in [-0.39, 0.29) is 18.6 Å². The Hall–Kier alpha value is -2.73. The number of nitrogens with zero attached hydrogens (tertiary/aromatic N) is 3. The van der Waals surface area contributed by atoms with E-state index >= 15 is 0 Å². The van der Waals surface area contributed by atoms with Crippen molar-refractivity contribution in [3.8, 4) is 0 Å². The van der Waals surface area contributed by atoms with E-state index in [0.717, 1.165) is 11.3 Å². The molecule has 124 valence electrons. The van der Waals surface area contributed by atoms with Crippen LogP contribution in [0, 0.1) is 6.92 Å². The molecule has 0 aliphatic rings. The van der Waals surface area contributed by atoms with Crippen LogP contribution in [-0.4, -0.2) is 38.4 Å². The molecule has 2 aromatic heterocycles. The summed E-state index contributed by atoms with van der Waals surface area (Å²) in [5.41, 5.74) is 3.01. The zero-order chi connectivity index (χ0) is 17.1. The number of carbonyl (C=O) groups is 1. The molecule has 1 unspecified atom stereocenters. The Labute approximate surface area is 140 Å². The number of nitrogens with one attached hydrogen (secondary N) is 1. The Bertz CT molecular complexity index is 858. The number of pyridine rings is 1. The molecule has 3 rings (SSSR count). The van der Waals surface area contributed by atoms with Crippen molar-refractivity contribution in [2.75, 3.05) is 6.61 Å². The van der Waals surface area contributed by atoms with Gasteiger partial charge in [0.15, 0.2) is 5.65 Å². The standard InChI is InChI=1S/C18H20N4O2/c1-12-8-15(16-10-19-22(2)17(16)20-12)18(24)21-14(11-23)9-13-6-4-3-5-7-13/h3-8,10,14,23H,9,11H2,1-2H3,(H,21,24). The van der Waals surface area contributed by atoms with E-state index in [9.17, 15) is 9.90 Å². The number of aliphatic hydroxyl groups is 1. The Morgan fingerprint density at radius 1 is 1.33 bits per heavy atom. The summed E-state index contributed by atoms with van der Waals surface area (Å²) in [6.07, 6.45) is 2.21. The third-order valence-electron chi connectivity index (χ3n) is 3.96. The van der Waals surface area contributed by atoms with Gasteiger partial charge in [0.1, 0.15) is 0 Å². The minimum absolute atomic E-state index is 0.124. The first-order chi connectivity index (χ1) is 11.6. The van der Waals surface area contributed by atoms with Crippen molar-refractivity contribution < 1.29 is 9.90 Å². The average molecular weight is 324 g/mol. The summed E-state index contributed by atoms with van der Waals surface area (Å²) < 4.78 is 1.65. The Kier molecular flexibility index (Phi) is 4.57. The second-order valence-corrected chi connectivity index (χ2v) is 5.86. The van der Waals surface area contributed by atoms with Gasteiger partial charge in [-0.15, -0.1) is 0 Å². The van der Waals surface area contributed by atoms with Crippen LogP contribution in [-0.2, 0) is 13.5 Å². The van der Waals surface area contributed by atoms with E-state index in [4.69, 9.17) is 0 Å². The van der Waals surface area contributed by atoms with Gasteiger partial charge in [0.25, 0.3) is 5.91 Å². The first kappa shape index (κ1) is 16.1. The molecular weight excluding hydrogens is 304 g/mol. The lowest BCUT2D eigenvalue weighted by atomic mass is 10.1. The summed E-state index contributed by atoms with van der Waals surface area (Å²) >= 11 is 0. The number of benzene rings is 1. The number of aromatic nitrogens is 3. The Morgan fingerprint density at radius 3 is 2.79 bits per heavy atom. The van der Waals surface area contributed by atoms with Crippen LogP contribution in [0.2, 0.25) is 0 Å². The van der Waals surface area contributed by atoms with Crippen LogP contribution in [0.4, 0.5) is 0 Å². The van der Waals surface area contributed by atoms with E-state index in [0.29, 0.717) is 23.0 Å². The number of amides is 1. The number of hydrogen-bond donors (Lipinski definition) is 2. The zero-order valence-corrected chi connectivity index (χ0v) is 13.7. The van der Waals surface area contributed by atoms with Crippen LogP contribution in [0.25, 0.3) is 11.0 Å². The van der Waals surface area contributed by atoms with Crippen LogP contribution in [0.15, 0.2) is 42.6 Å². The highest BCUT2D eigenvalue weighted by atomic mass is 16.3. The molecule has 0 fully saturated rings. The number of hydrogen-bond acceptors (Lipinski definition) is 4. The molecule has 0 bridgehead atoms. The number of rotatable bonds is 5. The fourth-order valence-electron chi connectivity index (χ4n) is 2.75. The Balaban J connectivity index is 1.83. The van der Waals surface area contributed by atoms with E-state index in [1.807, 2.05) is 37.3 Å². The number of aryl methyl sites for hydroxylation is 2. The molecule has 2 heterocycles. The highest BCUT2D eigenvalue weighted by molar-refractivity contribution is 6.05. The topological polar surface area (TPSA) is 80.0 Å². The molecule has 3 aromatic rings. The van der Waals surface area contributed by atoms with Crippen LogP contribution in [0.5, 0.6) is 0 Å². The molecule has 24 heavy (non-hydrogen) atoms. The van der Waals surface area contributed by atoms with Gasteiger partial charge in [0, 0.05) is 12.7 Å². The Morgan fingerprint density at radius 2 is 2.08 bits per heavy atom. The average Bonchev–Trinajstić information content (AvgIpc) is 2.95. The van der Waals surface area contributed by atoms with Crippen molar-refractivity contribution in [2.24, 2.45) is 7.05 Å². The summed E-state index contributed by atoms with van der Waals surface area (Å²) in [4.78, 5) is 17.1. The smallest absolute Gasteiger partial charge is 0.252 e. The second kappa shape index (κ2) is 6.80. The third kappa shape index (κ3) is 3.28. The summed E-state index contributed by atoms with van der Waals surface area (Å²) in [6, 6.07) is 11.2. The van der Waals surface area contributed by atoms with E-state index in [1.165, 1.54) is 0 Å². The molecule has 0 radical (unpaired) electrons. The fourth-order valence-corrected chi connectivity index (χ4v) is 2.75. The molecule has 0 aliphatic carbocycles. The van der Waals surface area contributed by atoms with Gasteiger partial charge in [-0.2, -0.15) is 5.10 Å². The maximum Gasteiger partial charge on any atom is 0.252 e. The summed E-state index contributed by atoms with van der Waals surface area (Å²) in [5, 5.41) is 17.4. The predicted molar refractivity (Wildman–Crippen MR) is 91.7 cm³/mol. The predicted octanol–water partition coefficient (Wildman–Crippen LogP) is 1.61. The van der Waals surface area contributed by atoms with Crippen LogP contribution in [0.3, 0.4) is 0 Å². The molecule has 6 nitrogen and oxygen atoms in total. The number of fused-ring (bicyclic) bond motifs is 1. The van der Waals surface area contributed by atoms with Gasteiger partial charge < -0.3 is 10.4 Å². The maximum atomic E-state index is 12.7. The lowest BCUT2D eigenvalue weighted by Crippen LogP contribution is -2.39. The van der Waals surface area contributed by atoms with Crippen molar-refractivity contribution in [2.45, 2.75) is 19.4 Å². The van der Waals surface area contributed by atoms with Gasteiger partial charge in [-0.25, -0.2) is 4.98 Å². The normalized spacial score (nSPS) is 12.3. The highest BCUT2D eigenvalue weighted by Gasteiger charge is 2.18. The quantitative estimate of drug-likeness (QED) is 0.747.